The van der Waals surface area contributed by atoms with Crippen molar-refractivity contribution in [2.75, 3.05) is 18.9 Å². The molecule has 1 atom stereocenters. The molecule has 1 amide bonds. The number of nitrogens with two attached hydrogens (primary N) is 1. The van der Waals surface area contributed by atoms with Gasteiger partial charge in [-0.3, -0.25) is 9.48 Å². The van der Waals surface area contributed by atoms with Crippen LogP contribution in [0.25, 0.3) is 0 Å². The average Bonchev–Trinajstić information content (AvgIpc) is 2.69. The Bertz CT molecular complexity index is 479. The zero-order valence-corrected chi connectivity index (χ0v) is 11.3. The molecule has 1 fully saturated rings. The second-order valence-electron chi connectivity index (χ2n) is 5.50. The van der Waals surface area contributed by atoms with Crippen LogP contribution < -0.4 is 11.1 Å². The highest BCUT2D eigenvalue weighted by atomic mass is 16.5. The summed E-state index contributed by atoms with van der Waals surface area (Å²) in [5, 5.41) is 7.13. The molecule has 0 aliphatic carbocycles. The Morgan fingerprint density at radius 3 is 2.72 bits per heavy atom. The Morgan fingerprint density at radius 1 is 1.61 bits per heavy atom. The minimum Gasteiger partial charge on any atom is -0.383 e. The fraction of sp³-hybridized carbons (Fsp3) is 0.667. The first kappa shape index (κ1) is 12.9. The molecule has 1 aliphatic rings. The fourth-order valence-electron chi connectivity index (χ4n) is 2.19. The molecule has 1 saturated heterocycles. The molecule has 2 rings (SSSR count). The van der Waals surface area contributed by atoms with Crippen molar-refractivity contribution in [3.8, 4) is 0 Å². The van der Waals surface area contributed by atoms with Crippen LogP contribution in [0.3, 0.4) is 0 Å². The van der Waals surface area contributed by atoms with Crippen LogP contribution >= 0.6 is 0 Å². The van der Waals surface area contributed by atoms with E-state index in [1.165, 1.54) is 4.68 Å². The van der Waals surface area contributed by atoms with Gasteiger partial charge in [0.05, 0.1) is 24.9 Å². The molecule has 0 unspecified atom stereocenters. The van der Waals surface area contributed by atoms with E-state index in [-0.39, 0.29) is 17.4 Å². The number of ether oxygens (including phenoxy) is 1. The number of hydrogen-bond acceptors (Lipinski definition) is 4. The Morgan fingerprint density at radius 2 is 2.28 bits per heavy atom. The molecule has 0 saturated carbocycles. The molecule has 1 aromatic heterocycles. The van der Waals surface area contributed by atoms with E-state index in [0.29, 0.717) is 30.3 Å². The first-order chi connectivity index (χ1) is 8.33. The summed E-state index contributed by atoms with van der Waals surface area (Å²) in [6.45, 7) is 7.12. The second-order valence-corrected chi connectivity index (χ2v) is 5.50. The fourth-order valence-corrected chi connectivity index (χ4v) is 2.19. The molecular weight excluding hydrogens is 232 g/mol. The van der Waals surface area contributed by atoms with Crippen molar-refractivity contribution in [3.63, 3.8) is 0 Å². The Labute approximate surface area is 106 Å². The largest absolute Gasteiger partial charge is 0.383 e. The van der Waals surface area contributed by atoms with Gasteiger partial charge < -0.3 is 15.8 Å². The smallest absolute Gasteiger partial charge is 0.257 e. The number of nitrogens with zero attached hydrogens (tertiary/aromatic N) is 2. The summed E-state index contributed by atoms with van der Waals surface area (Å²) in [4.78, 5) is 12.2. The lowest BCUT2D eigenvalue weighted by Gasteiger charge is -2.25. The summed E-state index contributed by atoms with van der Waals surface area (Å²) in [7, 11) is 1.72. The van der Waals surface area contributed by atoms with Crippen LogP contribution in [0.4, 0.5) is 5.82 Å². The van der Waals surface area contributed by atoms with Crippen LogP contribution in [0.5, 0.6) is 0 Å². The number of nitrogens with one attached hydrogen (secondary N) is 1. The number of amides is 1. The van der Waals surface area contributed by atoms with Gasteiger partial charge in [-0.25, -0.2) is 0 Å². The number of carbonyl (C=O) groups excluding carboxylic acids is 1. The summed E-state index contributed by atoms with van der Waals surface area (Å²) in [5.74, 6) is 0.211. The van der Waals surface area contributed by atoms with E-state index in [0.717, 1.165) is 0 Å². The van der Waals surface area contributed by atoms with E-state index in [1.807, 2.05) is 0 Å². The van der Waals surface area contributed by atoms with Gasteiger partial charge in [0.15, 0.2) is 0 Å². The third kappa shape index (κ3) is 2.08. The van der Waals surface area contributed by atoms with Crippen molar-refractivity contribution in [1.82, 2.24) is 15.1 Å². The number of aryl methyl sites for hydroxylation is 2. The lowest BCUT2D eigenvalue weighted by molar-refractivity contribution is 0.0915. The van der Waals surface area contributed by atoms with E-state index in [1.54, 1.807) is 14.0 Å². The molecular formula is C12H20N4O2. The number of anilines is 1. The van der Waals surface area contributed by atoms with Crippen LogP contribution in [0.2, 0.25) is 0 Å². The number of hydrogen-bond donors (Lipinski definition) is 2. The molecule has 2 heterocycles. The van der Waals surface area contributed by atoms with Crippen molar-refractivity contribution >= 4 is 11.7 Å². The van der Waals surface area contributed by atoms with E-state index in [4.69, 9.17) is 10.5 Å². The molecule has 6 heteroatoms. The van der Waals surface area contributed by atoms with Crippen LogP contribution in [-0.4, -0.2) is 34.9 Å². The number of nitrogen functional groups attached to an aromatic ring is 1. The maximum absolute atomic E-state index is 12.2. The van der Waals surface area contributed by atoms with Gasteiger partial charge in [-0.1, -0.05) is 13.8 Å². The number of aromatic nitrogens is 2. The monoisotopic (exact) mass is 252 g/mol. The summed E-state index contributed by atoms with van der Waals surface area (Å²) in [5.41, 5.74) is 6.90. The van der Waals surface area contributed by atoms with Gasteiger partial charge in [0.2, 0.25) is 0 Å². The molecule has 100 valence electrons. The quantitative estimate of drug-likeness (QED) is 0.801. The number of carbonyl (C=O) groups is 1. The SMILES string of the molecule is Cc1nn(C)c(N)c1C(=O)N[C@H]1COCC1(C)C. The highest BCUT2D eigenvalue weighted by molar-refractivity contribution is 5.99. The van der Waals surface area contributed by atoms with Gasteiger partial charge in [-0.15, -0.1) is 0 Å². The lowest BCUT2D eigenvalue weighted by atomic mass is 9.88. The first-order valence-electron chi connectivity index (χ1n) is 6.00. The molecule has 3 N–H and O–H groups in total. The van der Waals surface area contributed by atoms with E-state index >= 15 is 0 Å². The van der Waals surface area contributed by atoms with Gasteiger partial charge in [-0.05, 0) is 6.92 Å². The lowest BCUT2D eigenvalue weighted by Crippen LogP contribution is -2.44. The highest BCUT2D eigenvalue weighted by Gasteiger charge is 2.37. The second kappa shape index (κ2) is 4.28. The van der Waals surface area contributed by atoms with Gasteiger partial charge >= 0.3 is 0 Å². The molecule has 6 nitrogen and oxygen atoms in total. The molecule has 18 heavy (non-hydrogen) atoms. The van der Waals surface area contributed by atoms with Crippen molar-refractivity contribution in [2.24, 2.45) is 12.5 Å². The summed E-state index contributed by atoms with van der Waals surface area (Å²) >= 11 is 0. The average molecular weight is 252 g/mol. The molecule has 0 spiro atoms. The third-order valence-electron chi connectivity index (χ3n) is 3.50. The molecule has 1 aromatic rings. The van der Waals surface area contributed by atoms with Crippen LogP contribution in [0.1, 0.15) is 29.9 Å². The van der Waals surface area contributed by atoms with Gasteiger partial charge in [0, 0.05) is 12.5 Å². The molecule has 0 aromatic carbocycles. The van der Waals surface area contributed by atoms with Gasteiger partial charge in [-0.2, -0.15) is 5.10 Å². The predicted molar refractivity (Wildman–Crippen MR) is 68.2 cm³/mol. The third-order valence-corrected chi connectivity index (χ3v) is 3.50. The standard InChI is InChI=1S/C12H20N4O2/c1-7-9(10(13)16(4)15-7)11(17)14-8-5-18-6-12(8,2)3/h8H,5-6,13H2,1-4H3,(H,14,17)/t8-/m0/s1. The molecule has 0 bridgehead atoms. The van der Waals surface area contributed by atoms with Crippen molar-refractivity contribution < 1.29 is 9.53 Å². The minimum atomic E-state index is -0.179. The topological polar surface area (TPSA) is 82.2 Å². The van der Waals surface area contributed by atoms with Crippen molar-refractivity contribution in [3.05, 3.63) is 11.3 Å². The van der Waals surface area contributed by atoms with Gasteiger partial charge in [0.25, 0.3) is 5.91 Å². The Hall–Kier alpha value is -1.56. The number of rotatable bonds is 2. The molecule has 1 aliphatic heterocycles. The van der Waals surface area contributed by atoms with Crippen molar-refractivity contribution in [2.45, 2.75) is 26.8 Å². The maximum Gasteiger partial charge on any atom is 0.257 e. The zero-order valence-electron chi connectivity index (χ0n) is 11.3. The Kier molecular flexibility index (Phi) is 3.06. The van der Waals surface area contributed by atoms with Crippen LogP contribution in [0.15, 0.2) is 0 Å². The predicted octanol–water partition coefficient (Wildman–Crippen LogP) is 0.466. The van der Waals surface area contributed by atoms with Crippen molar-refractivity contribution in [1.29, 1.82) is 0 Å². The summed E-state index contributed by atoms with van der Waals surface area (Å²) < 4.78 is 6.92. The highest BCUT2D eigenvalue weighted by Crippen LogP contribution is 2.28. The normalized spacial score (nSPS) is 22.1. The minimum absolute atomic E-state index is 0.00371. The Balaban J connectivity index is 2.18. The van der Waals surface area contributed by atoms with E-state index < -0.39 is 0 Å². The van der Waals surface area contributed by atoms with E-state index in [9.17, 15) is 4.79 Å². The summed E-state index contributed by atoms with van der Waals surface area (Å²) in [6.07, 6.45) is 0. The first-order valence-corrected chi connectivity index (χ1v) is 6.00. The van der Waals surface area contributed by atoms with E-state index in [2.05, 4.69) is 24.3 Å². The zero-order chi connectivity index (χ0) is 13.5. The maximum atomic E-state index is 12.2. The van der Waals surface area contributed by atoms with Crippen LogP contribution in [-0.2, 0) is 11.8 Å². The summed E-state index contributed by atoms with van der Waals surface area (Å²) in [6, 6.07) is 0.00371. The molecule has 0 radical (unpaired) electrons. The van der Waals surface area contributed by atoms with Gasteiger partial charge in [0.1, 0.15) is 11.4 Å². The van der Waals surface area contributed by atoms with Crippen LogP contribution in [0, 0.1) is 12.3 Å².